The fourth-order valence-corrected chi connectivity index (χ4v) is 3.21. The topological polar surface area (TPSA) is 57.2 Å². The smallest absolute Gasteiger partial charge is 0.238 e. The minimum absolute atomic E-state index is 0.0974. The van der Waals surface area contributed by atoms with Gasteiger partial charge in [0.25, 0.3) is 0 Å². The molecule has 0 amide bonds. The van der Waals surface area contributed by atoms with E-state index in [1.165, 1.54) is 0 Å². The third kappa shape index (κ3) is 19.3. The van der Waals surface area contributed by atoms with E-state index in [1.807, 2.05) is 24.3 Å². The highest BCUT2D eigenvalue weighted by atomic mass is 32.2. The maximum Gasteiger partial charge on any atom is 0.238 e. The van der Waals surface area contributed by atoms with E-state index in [9.17, 15) is 21.8 Å². The Bertz CT molecular complexity index is 474. The van der Waals surface area contributed by atoms with Crippen LogP contribution in [0.15, 0.2) is 50.6 Å². The molecule has 0 aromatic rings. The molecule has 0 aliphatic carbocycles. The molecule has 0 spiro atoms. The predicted molar refractivity (Wildman–Crippen MR) is 109 cm³/mol. The number of rotatable bonds is 16. The molecule has 4 nitrogen and oxygen atoms in total. The molecule has 27 heavy (non-hydrogen) atoms. The van der Waals surface area contributed by atoms with Crippen molar-refractivity contribution in [2.24, 2.45) is 0 Å². The van der Waals surface area contributed by atoms with Crippen LogP contribution < -0.4 is 0 Å². The summed E-state index contributed by atoms with van der Waals surface area (Å²) in [4.78, 5) is 0. The Morgan fingerprint density at radius 3 is 1.48 bits per heavy atom. The van der Waals surface area contributed by atoms with Crippen LogP contribution in [0.25, 0.3) is 0 Å². The molecule has 158 valence electrons. The second-order valence-corrected chi connectivity index (χ2v) is 7.96. The summed E-state index contributed by atoms with van der Waals surface area (Å²) in [7, 11) is -4.10. The first-order valence-corrected chi connectivity index (χ1v) is 10.7. The second kappa shape index (κ2) is 16.8. The number of alkyl halides is 2. The lowest BCUT2D eigenvalue weighted by Gasteiger charge is -2.35. The standard InChI is InChI=1S/C12H20N.C8H16F2O3S/c1-5-9-13(10-6-2,11-7-3)12-8-4;9-8(10)6-4-2-1-3-5-7-14(11,12)13/h5-8H,1-4,9-12H2;8H,1-7H2,(H,11,12,13)/q+1;/p-1. The average Bonchev–Trinajstić information content (AvgIpc) is 2.54. The molecule has 0 bridgehead atoms. The van der Waals surface area contributed by atoms with Crippen LogP contribution in [0.1, 0.15) is 38.5 Å². The summed E-state index contributed by atoms with van der Waals surface area (Å²) in [6.45, 7) is 18.8. The van der Waals surface area contributed by atoms with Crippen molar-refractivity contribution in [2.45, 2.75) is 45.0 Å². The Kier molecular flexibility index (Phi) is 17.4. The first-order chi connectivity index (χ1) is 12.7. The van der Waals surface area contributed by atoms with Crippen LogP contribution in [0.4, 0.5) is 8.78 Å². The number of unbranched alkanes of at least 4 members (excludes halogenated alkanes) is 4. The third-order valence-electron chi connectivity index (χ3n) is 3.88. The SMILES string of the molecule is C=CC[N+](CC=C)(CC=C)CC=C.O=S(=O)([O-])CCCCCCCC(F)F. The highest BCUT2D eigenvalue weighted by Gasteiger charge is 2.20. The summed E-state index contributed by atoms with van der Waals surface area (Å²) in [5.74, 6) is -0.345. The van der Waals surface area contributed by atoms with Gasteiger partial charge in [-0.05, 0) is 37.1 Å². The van der Waals surface area contributed by atoms with E-state index < -0.39 is 16.5 Å². The molecular formula is C20H35F2NO3S. The Morgan fingerprint density at radius 1 is 0.778 bits per heavy atom. The molecule has 0 N–H and O–H groups in total. The van der Waals surface area contributed by atoms with Crippen molar-refractivity contribution in [1.82, 2.24) is 0 Å². The van der Waals surface area contributed by atoms with Crippen LogP contribution in [0, 0.1) is 0 Å². The molecule has 0 unspecified atom stereocenters. The number of hydrogen-bond acceptors (Lipinski definition) is 3. The van der Waals surface area contributed by atoms with Crippen molar-refractivity contribution in [3.05, 3.63) is 50.6 Å². The highest BCUT2D eigenvalue weighted by Crippen LogP contribution is 2.10. The fourth-order valence-electron chi connectivity index (χ4n) is 2.65. The van der Waals surface area contributed by atoms with Crippen molar-refractivity contribution < 1.29 is 26.2 Å². The fraction of sp³-hybridized carbons (Fsp3) is 0.600. The number of hydrogen-bond donors (Lipinski definition) is 0. The maximum absolute atomic E-state index is 11.6. The van der Waals surface area contributed by atoms with Crippen LogP contribution >= 0.6 is 0 Å². The molecular weight excluding hydrogens is 372 g/mol. The van der Waals surface area contributed by atoms with Gasteiger partial charge in [0, 0.05) is 12.2 Å². The summed E-state index contributed by atoms with van der Waals surface area (Å²) < 4.78 is 54.7. The molecule has 0 aliphatic rings. The number of nitrogens with zero attached hydrogens (tertiary/aromatic N) is 1. The van der Waals surface area contributed by atoms with Crippen molar-refractivity contribution in [2.75, 3.05) is 31.9 Å². The Morgan fingerprint density at radius 2 is 1.15 bits per heavy atom. The van der Waals surface area contributed by atoms with Crippen molar-refractivity contribution >= 4 is 10.1 Å². The molecule has 7 heteroatoms. The van der Waals surface area contributed by atoms with E-state index in [2.05, 4.69) is 26.3 Å². The first-order valence-electron chi connectivity index (χ1n) is 9.16. The Hall–Kier alpha value is -1.31. The van der Waals surface area contributed by atoms with Crippen LogP contribution in [0.2, 0.25) is 0 Å². The lowest BCUT2D eigenvalue weighted by atomic mass is 10.1. The largest absolute Gasteiger partial charge is 0.748 e. The van der Waals surface area contributed by atoms with Gasteiger partial charge in [-0.2, -0.15) is 0 Å². The van der Waals surface area contributed by atoms with Crippen molar-refractivity contribution in [3.8, 4) is 0 Å². The quantitative estimate of drug-likeness (QED) is 0.161. The number of halogens is 2. The Balaban J connectivity index is 0. The summed E-state index contributed by atoms with van der Waals surface area (Å²) in [6.07, 6.45) is 8.20. The van der Waals surface area contributed by atoms with Crippen LogP contribution in [-0.4, -0.2) is 55.8 Å². The normalized spacial score (nSPS) is 11.4. The minimum atomic E-state index is -4.10. The van der Waals surface area contributed by atoms with Gasteiger partial charge in [0.05, 0.1) is 36.3 Å². The second-order valence-electron chi connectivity index (χ2n) is 6.44. The monoisotopic (exact) mass is 407 g/mol. The van der Waals surface area contributed by atoms with Crippen LogP contribution in [0.5, 0.6) is 0 Å². The summed E-state index contributed by atoms with van der Waals surface area (Å²) in [5.41, 5.74) is 0. The van der Waals surface area contributed by atoms with Gasteiger partial charge >= 0.3 is 0 Å². The van der Waals surface area contributed by atoms with E-state index >= 15 is 0 Å². The van der Waals surface area contributed by atoms with Gasteiger partial charge in [-0.25, -0.2) is 17.2 Å². The number of quaternary nitrogens is 1. The first kappa shape index (κ1) is 27.9. The zero-order valence-electron chi connectivity index (χ0n) is 16.3. The summed E-state index contributed by atoms with van der Waals surface area (Å²) in [6, 6.07) is 0. The van der Waals surface area contributed by atoms with Gasteiger partial charge in [0.15, 0.2) is 0 Å². The molecule has 0 aliphatic heterocycles. The van der Waals surface area contributed by atoms with Gasteiger partial charge in [-0.15, -0.1) is 0 Å². The molecule has 0 aromatic carbocycles. The zero-order chi connectivity index (χ0) is 21.2. The van der Waals surface area contributed by atoms with Crippen molar-refractivity contribution in [1.29, 1.82) is 0 Å². The van der Waals surface area contributed by atoms with E-state index in [0.29, 0.717) is 32.1 Å². The molecule has 0 atom stereocenters. The lowest BCUT2D eigenvalue weighted by molar-refractivity contribution is -0.906. The van der Waals surface area contributed by atoms with Crippen LogP contribution in [0.3, 0.4) is 0 Å². The maximum atomic E-state index is 11.6. The van der Waals surface area contributed by atoms with E-state index in [-0.39, 0.29) is 12.2 Å². The molecule has 0 saturated carbocycles. The van der Waals surface area contributed by atoms with Gasteiger partial charge < -0.3 is 9.04 Å². The lowest BCUT2D eigenvalue weighted by Crippen LogP contribution is -2.48. The van der Waals surface area contributed by atoms with Gasteiger partial charge in [-0.3, -0.25) is 0 Å². The Labute approximate surface area is 164 Å². The molecule has 0 saturated heterocycles. The third-order valence-corrected chi connectivity index (χ3v) is 4.67. The minimum Gasteiger partial charge on any atom is -0.748 e. The van der Waals surface area contributed by atoms with E-state index in [1.54, 1.807) is 0 Å². The summed E-state index contributed by atoms with van der Waals surface area (Å²) >= 11 is 0. The average molecular weight is 408 g/mol. The van der Waals surface area contributed by atoms with Crippen LogP contribution in [-0.2, 0) is 10.1 Å². The van der Waals surface area contributed by atoms with Crippen molar-refractivity contribution in [3.63, 3.8) is 0 Å². The molecule has 0 aromatic heterocycles. The highest BCUT2D eigenvalue weighted by molar-refractivity contribution is 7.85. The van der Waals surface area contributed by atoms with E-state index in [0.717, 1.165) is 30.7 Å². The molecule has 0 heterocycles. The molecule has 0 rings (SSSR count). The van der Waals surface area contributed by atoms with Gasteiger partial charge in [0.2, 0.25) is 6.43 Å². The van der Waals surface area contributed by atoms with Gasteiger partial charge in [-0.1, -0.05) is 45.6 Å². The zero-order valence-corrected chi connectivity index (χ0v) is 17.1. The van der Waals surface area contributed by atoms with E-state index in [4.69, 9.17) is 0 Å². The predicted octanol–water partition coefficient (Wildman–Crippen LogP) is 4.68. The molecule has 0 fully saturated rings. The molecule has 0 radical (unpaired) electrons. The summed E-state index contributed by atoms with van der Waals surface area (Å²) in [5, 5.41) is 0. The van der Waals surface area contributed by atoms with Gasteiger partial charge in [0.1, 0.15) is 0 Å².